The Labute approximate surface area is 297 Å². The predicted octanol–water partition coefficient (Wildman–Crippen LogP) is 11.3. The fourth-order valence-electron chi connectivity index (χ4n) is 7.39. The number of pyridine rings is 1. The van der Waals surface area contributed by atoms with Crippen molar-refractivity contribution < 1.29 is 4.57 Å². The second-order valence-corrected chi connectivity index (χ2v) is 15.4. The molecule has 0 aliphatic carbocycles. The van der Waals surface area contributed by atoms with Crippen LogP contribution in [0.4, 0.5) is 17.1 Å². The molecule has 0 bridgehead atoms. The van der Waals surface area contributed by atoms with Crippen molar-refractivity contribution >= 4 is 72.6 Å². The van der Waals surface area contributed by atoms with Crippen LogP contribution < -0.4 is 20.8 Å². The van der Waals surface area contributed by atoms with Gasteiger partial charge in [0.15, 0.2) is 7.14 Å². The number of hydrogen-bond donors (Lipinski definition) is 0. The molecule has 242 valence electrons. The first kappa shape index (κ1) is 30.8. The highest BCUT2D eigenvalue weighted by atomic mass is 31.2. The maximum absolute atomic E-state index is 16.3. The molecule has 8 aromatic carbocycles. The third kappa shape index (κ3) is 5.22. The lowest BCUT2D eigenvalue weighted by molar-refractivity contribution is 0.592. The van der Waals surface area contributed by atoms with E-state index in [4.69, 9.17) is 4.98 Å². The summed E-state index contributed by atoms with van der Waals surface area (Å²) in [5.41, 5.74) is 5.68. The number of fused-ring (bicyclic) bond motifs is 5. The van der Waals surface area contributed by atoms with E-state index < -0.39 is 7.14 Å². The third-order valence-electron chi connectivity index (χ3n) is 9.67. The second-order valence-electron chi connectivity index (χ2n) is 12.7. The van der Waals surface area contributed by atoms with Crippen LogP contribution in [0.2, 0.25) is 0 Å². The number of nitrogens with zero attached hydrogens (tertiary/aromatic N) is 2. The molecule has 0 amide bonds. The van der Waals surface area contributed by atoms with Gasteiger partial charge in [0.2, 0.25) is 0 Å². The monoisotopic (exact) mass is 672 g/mol. The van der Waals surface area contributed by atoms with Crippen molar-refractivity contribution in [3.05, 3.63) is 200 Å². The Bertz CT molecular complexity index is 2620. The lowest BCUT2D eigenvalue weighted by atomic mass is 9.94. The molecule has 0 atom stereocenters. The average Bonchev–Trinajstić information content (AvgIpc) is 3.22. The maximum atomic E-state index is 16.3. The fraction of sp³-hybridized carbons (Fsp3) is 0. The molecule has 0 aliphatic rings. The molecule has 51 heavy (non-hydrogen) atoms. The predicted molar refractivity (Wildman–Crippen MR) is 216 cm³/mol. The summed E-state index contributed by atoms with van der Waals surface area (Å²) in [6.45, 7) is 0. The first-order valence-corrected chi connectivity index (χ1v) is 18.9. The number of hydrogen-bond acceptors (Lipinski definition) is 3. The molecule has 3 nitrogen and oxygen atoms in total. The molecular weight excluding hydrogens is 640 g/mol. The summed E-state index contributed by atoms with van der Waals surface area (Å²) in [4.78, 5) is 7.93. The Morgan fingerprint density at radius 2 is 0.941 bits per heavy atom. The topological polar surface area (TPSA) is 33.2 Å². The molecule has 0 spiro atoms. The summed E-state index contributed by atoms with van der Waals surface area (Å²) in [5, 5.41) is 7.46. The number of rotatable bonds is 7. The maximum Gasteiger partial charge on any atom is 0.171 e. The van der Waals surface area contributed by atoms with Crippen LogP contribution in [0.15, 0.2) is 200 Å². The zero-order valence-electron chi connectivity index (χ0n) is 27.8. The van der Waals surface area contributed by atoms with Gasteiger partial charge in [0.25, 0.3) is 0 Å². The first-order chi connectivity index (χ1) is 25.2. The Morgan fingerprint density at radius 3 is 1.53 bits per heavy atom. The van der Waals surface area contributed by atoms with Gasteiger partial charge in [0, 0.05) is 49.0 Å². The molecule has 0 saturated carbocycles. The van der Waals surface area contributed by atoms with E-state index in [1.807, 2.05) is 91.0 Å². The molecule has 1 heterocycles. The van der Waals surface area contributed by atoms with Gasteiger partial charge in [-0.3, -0.25) is 0 Å². The van der Waals surface area contributed by atoms with E-state index in [1.54, 1.807) is 0 Å². The van der Waals surface area contributed by atoms with Crippen molar-refractivity contribution in [2.75, 3.05) is 4.90 Å². The standard InChI is InChI=1S/C47H33N2OP/c50-51(38-26-12-4-13-27-38,39-28-14-5-15-29-39)43-33-35-21-16-17-30-40(35)44-41-31-18-32-42(47(41)48-46(45(43)44)34-19-6-1-7-20-34)49(36-22-8-2-9-23-36)37-24-10-3-11-25-37/h1-33H. The zero-order chi connectivity index (χ0) is 34.2. The highest BCUT2D eigenvalue weighted by Gasteiger charge is 2.34. The Balaban J connectivity index is 1.49. The molecule has 0 aliphatic heterocycles. The van der Waals surface area contributed by atoms with Crippen LogP contribution in [0.3, 0.4) is 0 Å². The summed E-state index contributed by atoms with van der Waals surface area (Å²) in [7, 11) is -3.43. The van der Waals surface area contributed by atoms with Crippen LogP contribution in [-0.2, 0) is 4.57 Å². The second kappa shape index (κ2) is 12.9. The third-order valence-corrected chi connectivity index (χ3v) is 12.8. The minimum absolute atomic E-state index is 0.787. The van der Waals surface area contributed by atoms with E-state index in [1.165, 1.54) is 0 Å². The van der Waals surface area contributed by atoms with Crippen molar-refractivity contribution in [2.24, 2.45) is 0 Å². The van der Waals surface area contributed by atoms with Crippen LogP contribution >= 0.6 is 7.14 Å². The molecule has 0 saturated heterocycles. The molecule has 9 aromatic rings. The lowest BCUT2D eigenvalue weighted by Crippen LogP contribution is -2.26. The molecule has 4 heteroatoms. The Kier molecular flexibility index (Phi) is 7.76. The highest BCUT2D eigenvalue weighted by molar-refractivity contribution is 7.85. The molecular formula is C47H33N2OP. The van der Waals surface area contributed by atoms with Crippen LogP contribution in [0, 0.1) is 0 Å². The largest absolute Gasteiger partial charge is 0.309 e. The highest BCUT2D eigenvalue weighted by Crippen LogP contribution is 2.49. The quantitative estimate of drug-likeness (QED) is 0.125. The molecule has 0 radical (unpaired) electrons. The van der Waals surface area contributed by atoms with Crippen LogP contribution in [-0.4, -0.2) is 4.98 Å². The van der Waals surface area contributed by atoms with Gasteiger partial charge in [-0.25, -0.2) is 4.98 Å². The van der Waals surface area contributed by atoms with Gasteiger partial charge in [-0.2, -0.15) is 0 Å². The smallest absolute Gasteiger partial charge is 0.171 e. The van der Waals surface area contributed by atoms with Gasteiger partial charge < -0.3 is 9.46 Å². The van der Waals surface area contributed by atoms with E-state index in [0.29, 0.717) is 0 Å². The number of benzene rings is 8. The first-order valence-electron chi connectivity index (χ1n) is 17.2. The summed E-state index contributed by atoms with van der Waals surface area (Å²) in [5.74, 6) is 0. The molecule has 0 N–H and O–H groups in total. The van der Waals surface area contributed by atoms with Gasteiger partial charge in [0.1, 0.15) is 0 Å². The molecule has 1 aromatic heterocycles. The van der Waals surface area contributed by atoms with Gasteiger partial charge in [-0.05, 0) is 47.2 Å². The zero-order valence-corrected chi connectivity index (χ0v) is 28.7. The van der Waals surface area contributed by atoms with Crippen molar-refractivity contribution in [1.29, 1.82) is 0 Å². The fourth-order valence-corrected chi connectivity index (χ4v) is 10.3. The molecule has 0 fully saturated rings. The van der Waals surface area contributed by atoms with E-state index in [0.717, 1.165) is 76.7 Å². The number of para-hydroxylation sites is 3. The van der Waals surface area contributed by atoms with E-state index in [-0.39, 0.29) is 0 Å². The summed E-state index contributed by atoms with van der Waals surface area (Å²) >= 11 is 0. The van der Waals surface area contributed by atoms with Gasteiger partial charge in [0.05, 0.1) is 16.9 Å². The summed E-state index contributed by atoms with van der Waals surface area (Å²) < 4.78 is 16.3. The number of aromatic nitrogens is 1. The van der Waals surface area contributed by atoms with Crippen molar-refractivity contribution in [3.8, 4) is 11.3 Å². The molecule has 0 unspecified atom stereocenters. The van der Waals surface area contributed by atoms with E-state index in [2.05, 4.69) is 114 Å². The lowest BCUT2D eigenvalue weighted by Gasteiger charge is -2.28. The summed E-state index contributed by atoms with van der Waals surface area (Å²) in [6, 6.07) is 68.2. The van der Waals surface area contributed by atoms with Gasteiger partial charge in [-0.15, -0.1) is 0 Å². The Morgan fingerprint density at radius 1 is 0.451 bits per heavy atom. The normalized spacial score (nSPS) is 11.6. The van der Waals surface area contributed by atoms with Gasteiger partial charge in [-0.1, -0.05) is 164 Å². The number of anilines is 3. The van der Waals surface area contributed by atoms with Crippen LogP contribution in [0.25, 0.3) is 43.7 Å². The van der Waals surface area contributed by atoms with Crippen molar-refractivity contribution in [2.45, 2.75) is 0 Å². The minimum Gasteiger partial charge on any atom is -0.309 e. The SMILES string of the molecule is O=P(c1ccccc1)(c1ccccc1)c1cc2ccccc2c2c1c(-c1ccccc1)nc1c(N(c3ccccc3)c3ccccc3)cccc12. The van der Waals surface area contributed by atoms with Crippen LogP contribution in [0.5, 0.6) is 0 Å². The van der Waals surface area contributed by atoms with Crippen LogP contribution in [0.1, 0.15) is 0 Å². The van der Waals surface area contributed by atoms with Gasteiger partial charge >= 0.3 is 0 Å². The van der Waals surface area contributed by atoms with Crippen molar-refractivity contribution in [1.82, 2.24) is 4.98 Å². The summed E-state index contributed by atoms with van der Waals surface area (Å²) in [6.07, 6.45) is 0. The van der Waals surface area contributed by atoms with Crippen molar-refractivity contribution in [3.63, 3.8) is 0 Å². The minimum atomic E-state index is -3.43. The Hall–Kier alpha value is -6.28. The van der Waals surface area contributed by atoms with E-state index in [9.17, 15) is 0 Å². The van der Waals surface area contributed by atoms with E-state index >= 15 is 4.57 Å². The average molecular weight is 673 g/mol. The molecule has 9 rings (SSSR count).